The molecule has 0 aromatic carbocycles. The van der Waals surface area contributed by atoms with Crippen molar-refractivity contribution in [2.45, 2.75) is 59.4 Å². The number of hydrogen-bond acceptors (Lipinski definition) is 2. The third-order valence-electron chi connectivity index (χ3n) is 4.06. The van der Waals surface area contributed by atoms with Gasteiger partial charge in [0, 0.05) is 6.04 Å². The first-order chi connectivity index (χ1) is 8.11. The first-order valence-electron chi connectivity index (χ1n) is 7.56. The molecule has 0 radical (unpaired) electrons. The Kier molecular flexibility index (Phi) is 7.14. The fourth-order valence-electron chi connectivity index (χ4n) is 2.63. The van der Waals surface area contributed by atoms with Crippen LogP contribution in [-0.4, -0.2) is 37.1 Å². The van der Waals surface area contributed by atoms with Crippen molar-refractivity contribution in [1.82, 2.24) is 10.2 Å². The van der Waals surface area contributed by atoms with E-state index in [2.05, 4.69) is 37.9 Å². The predicted molar refractivity (Wildman–Crippen MR) is 76.4 cm³/mol. The molecule has 1 aliphatic heterocycles. The molecule has 17 heavy (non-hydrogen) atoms. The first kappa shape index (κ1) is 15.0. The average Bonchev–Trinajstić information content (AvgIpc) is 2.55. The summed E-state index contributed by atoms with van der Waals surface area (Å²) in [6, 6.07) is 0.729. The van der Waals surface area contributed by atoms with Crippen LogP contribution in [0.3, 0.4) is 0 Å². The van der Waals surface area contributed by atoms with Gasteiger partial charge in [-0.2, -0.15) is 0 Å². The van der Waals surface area contributed by atoms with Crippen molar-refractivity contribution in [2.24, 2.45) is 11.8 Å². The summed E-state index contributed by atoms with van der Waals surface area (Å²) in [5, 5.41) is 3.59. The van der Waals surface area contributed by atoms with Gasteiger partial charge in [-0.15, -0.1) is 0 Å². The van der Waals surface area contributed by atoms with Gasteiger partial charge in [0.1, 0.15) is 0 Å². The van der Waals surface area contributed by atoms with E-state index < -0.39 is 0 Å². The van der Waals surface area contributed by atoms with Crippen LogP contribution in [0.1, 0.15) is 53.4 Å². The number of nitrogens with one attached hydrogen (secondary N) is 1. The topological polar surface area (TPSA) is 15.3 Å². The molecule has 0 saturated carbocycles. The molecule has 1 rings (SSSR count). The third kappa shape index (κ3) is 5.87. The molecule has 2 atom stereocenters. The van der Waals surface area contributed by atoms with E-state index in [1.807, 2.05) is 0 Å². The highest BCUT2D eigenvalue weighted by atomic mass is 15.2. The molecule has 1 heterocycles. The maximum atomic E-state index is 3.59. The maximum absolute atomic E-state index is 3.59. The van der Waals surface area contributed by atoms with Crippen LogP contribution in [0, 0.1) is 11.8 Å². The van der Waals surface area contributed by atoms with Crippen LogP contribution in [-0.2, 0) is 0 Å². The van der Waals surface area contributed by atoms with Crippen LogP contribution in [0.15, 0.2) is 0 Å². The second-order valence-corrected chi connectivity index (χ2v) is 6.22. The molecule has 0 bridgehead atoms. The monoisotopic (exact) mass is 240 g/mol. The van der Waals surface area contributed by atoms with Gasteiger partial charge in [0.2, 0.25) is 0 Å². The predicted octanol–water partition coefficient (Wildman–Crippen LogP) is 3.13. The fourth-order valence-corrected chi connectivity index (χ4v) is 2.63. The molecule has 2 unspecified atom stereocenters. The molecule has 2 heteroatoms. The zero-order valence-electron chi connectivity index (χ0n) is 12.3. The molecule has 0 aliphatic carbocycles. The van der Waals surface area contributed by atoms with Crippen molar-refractivity contribution in [3.05, 3.63) is 0 Å². The Balaban J connectivity index is 2.26. The van der Waals surface area contributed by atoms with Crippen molar-refractivity contribution in [1.29, 1.82) is 0 Å². The second kappa shape index (κ2) is 8.10. The summed E-state index contributed by atoms with van der Waals surface area (Å²) in [5.41, 5.74) is 0. The summed E-state index contributed by atoms with van der Waals surface area (Å²) in [6.45, 7) is 14.3. The fraction of sp³-hybridized carbons (Fsp3) is 1.00. The van der Waals surface area contributed by atoms with Gasteiger partial charge < -0.3 is 10.2 Å². The largest absolute Gasteiger partial charge is 0.316 e. The minimum atomic E-state index is 0.729. The smallest absolute Gasteiger partial charge is 0.0105 e. The van der Waals surface area contributed by atoms with Gasteiger partial charge in [-0.25, -0.2) is 0 Å². The molecule has 1 saturated heterocycles. The number of hydrogen-bond donors (Lipinski definition) is 1. The van der Waals surface area contributed by atoms with E-state index in [1.165, 1.54) is 38.8 Å². The standard InChI is InChI=1S/C15H32N2/c1-13(2)11-16-12-14(3)15(4)17-9-7-5-6-8-10-17/h13-16H,5-12H2,1-4H3. The minimum Gasteiger partial charge on any atom is -0.316 e. The van der Waals surface area contributed by atoms with E-state index in [9.17, 15) is 0 Å². The van der Waals surface area contributed by atoms with E-state index in [-0.39, 0.29) is 0 Å². The van der Waals surface area contributed by atoms with Crippen molar-refractivity contribution >= 4 is 0 Å². The van der Waals surface area contributed by atoms with Crippen molar-refractivity contribution in [3.63, 3.8) is 0 Å². The SMILES string of the molecule is CC(C)CNCC(C)C(C)N1CCCCCC1. The average molecular weight is 240 g/mol. The Morgan fingerprint density at radius 3 is 2.00 bits per heavy atom. The lowest BCUT2D eigenvalue weighted by atomic mass is 10.0. The Morgan fingerprint density at radius 1 is 0.882 bits per heavy atom. The summed E-state index contributed by atoms with van der Waals surface area (Å²) < 4.78 is 0. The van der Waals surface area contributed by atoms with Crippen LogP contribution in [0.25, 0.3) is 0 Å². The molecule has 1 fully saturated rings. The zero-order valence-corrected chi connectivity index (χ0v) is 12.3. The number of rotatable bonds is 6. The Hall–Kier alpha value is -0.0800. The lowest BCUT2D eigenvalue weighted by Gasteiger charge is -2.32. The van der Waals surface area contributed by atoms with Crippen molar-refractivity contribution in [2.75, 3.05) is 26.2 Å². The van der Waals surface area contributed by atoms with Gasteiger partial charge in [-0.05, 0) is 57.8 Å². The van der Waals surface area contributed by atoms with Crippen LogP contribution in [0.5, 0.6) is 0 Å². The second-order valence-electron chi connectivity index (χ2n) is 6.22. The van der Waals surface area contributed by atoms with E-state index >= 15 is 0 Å². The van der Waals surface area contributed by atoms with E-state index in [0.717, 1.165) is 31.0 Å². The molecular formula is C15H32N2. The van der Waals surface area contributed by atoms with Gasteiger partial charge in [0.25, 0.3) is 0 Å². The summed E-state index contributed by atoms with van der Waals surface area (Å²) in [7, 11) is 0. The van der Waals surface area contributed by atoms with Crippen molar-refractivity contribution < 1.29 is 0 Å². The lowest BCUT2D eigenvalue weighted by Crippen LogP contribution is -2.42. The van der Waals surface area contributed by atoms with Gasteiger partial charge >= 0.3 is 0 Å². The minimum absolute atomic E-state index is 0.729. The van der Waals surface area contributed by atoms with Gasteiger partial charge in [-0.3, -0.25) is 0 Å². The van der Waals surface area contributed by atoms with Gasteiger partial charge in [0.15, 0.2) is 0 Å². The number of likely N-dealkylation sites (tertiary alicyclic amines) is 1. The maximum Gasteiger partial charge on any atom is 0.0105 e. The zero-order chi connectivity index (χ0) is 12.7. The summed E-state index contributed by atoms with van der Waals surface area (Å²) in [6.07, 6.45) is 5.67. The Labute approximate surface area is 108 Å². The molecule has 0 amide bonds. The van der Waals surface area contributed by atoms with Crippen LogP contribution >= 0.6 is 0 Å². The molecule has 1 aliphatic rings. The molecule has 2 nitrogen and oxygen atoms in total. The van der Waals surface area contributed by atoms with Crippen molar-refractivity contribution in [3.8, 4) is 0 Å². The molecular weight excluding hydrogens is 208 g/mol. The molecule has 102 valence electrons. The quantitative estimate of drug-likeness (QED) is 0.767. The summed E-state index contributed by atoms with van der Waals surface area (Å²) >= 11 is 0. The third-order valence-corrected chi connectivity index (χ3v) is 4.06. The number of nitrogens with zero attached hydrogens (tertiary/aromatic N) is 1. The molecule has 0 spiro atoms. The van der Waals surface area contributed by atoms with Gasteiger partial charge in [-0.1, -0.05) is 33.6 Å². The summed E-state index contributed by atoms with van der Waals surface area (Å²) in [4.78, 5) is 2.70. The van der Waals surface area contributed by atoms with E-state index in [0.29, 0.717) is 0 Å². The Bertz CT molecular complexity index is 183. The molecule has 0 aromatic heterocycles. The highest BCUT2D eigenvalue weighted by molar-refractivity contribution is 4.76. The molecule has 0 aromatic rings. The molecule has 1 N–H and O–H groups in total. The lowest BCUT2D eigenvalue weighted by molar-refractivity contribution is 0.164. The summed E-state index contributed by atoms with van der Waals surface area (Å²) in [5.74, 6) is 1.52. The van der Waals surface area contributed by atoms with E-state index in [4.69, 9.17) is 0 Å². The van der Waals surface area contributed by atoms with Crippen LogP contribution in [0.4, 0.5) is 0 Å². The highest BCUT2D eigenvalue weighted by Gasteiger charge is 2.20. The Morgan fingerprint density at radius 2 is 1.47 bits per heavy atom. The highest BCUT2D eigenvalue weighted by Crippen LogP contribution is 2.16. The first-order valence-corrected chi connectivity index (χ1v) is 7.56. The van der Waals surface area contributed by atoms with Crippen LogP contribution < -0.4 is 5.32 Å². The van der Waals surface area contributed by atoms with Gasteiger partial charge in [0.05, 0.1) is 0 Å². The normalized spacial score (nSPS) is 22.4. The van der Waals surface area contributed by atoms with Crippen LogP contribution in [0.2, 0.25) is 0 Å². The van der Waals surface area contributed by atoms with E-state index in [1.54, 1.807) is 0 Å².